The van der Waals surface area contributed by atoms with E-state index in [0.29, 0.717) is 0 Å². The third-order valence-corrected chi connectivity index (χ3v) is 2.60. The first kappa shape index (κ1) is 17.6. The van der Waals surface area contributed by atoms with Gasteiger partial charge in [-0.2, -0.15) is 42.0 Å². The van der Waals surface area contributed by atoms with E-state index in [2.05, 4.69) is 5.10 Å². The lowest BCUT2D eigenvalue weighted by Gasteiger charge is -2.16. The van der Waals surface area contributed by atoms with Crippen LogP contribution in [0.1, 0.15) is 11.1 Å². The maximum atomic E-state index is 12.7. The summed E-state index contributed by atoms with van der Waals surface area (Å²) in [6.07, 6.45) is -10.3. The smallest absolute Gasteiger partial charge is 0.276 e. The van der Waals surface area contributed by atoms with Crippen molar-refractivity contribution in [3.05, 3.63) is 28.3 Å². The Balaban J connectivity index is 3.47. The molecule has 0 saturated heterocycles. The van der Waals surface area contributed by atoms with Crippen molar-refractivity contribution in [1.82, 2.24) is 0 Å². The predicted molar refractivity (Wildman–Crippen MR) is 63.7 cm³/mol. The molecule has 0 unspecified atom stereocenters. The predicted octanol–water partition coefficient (Wildman–Crippen LogP) is 4.19. The van der Waals surface area contributed by atoms with Gasteiger partial charge in [-0.15, -0.1) is 0 Å². The van der Waals surface area contributed by atoms with Crippen LogP contribution in [0.5, 0.6) is 0 Å². The minimum absolute atomic E-state index is 0.285. The molecule has 22 heavy (non-hydrogen) atoms. The Labute approximate surface area is 124 Å². The number of hydrogen-bond donors (Lipinski definition) is 1. The molecule has 0 aliphatic heterocycles. The fraction of sp³-hybridized carbons (Fsp3) is 0.182. The molecule has 0 aromatic heterocycles. The van der Waals surface area contributed by atoms with Crippen LogP contribution in [-0.4, -0.2) is 5.71 Å². The molecule has 1 N–H and O–H groups in total. The van der Waals surface area contributed by atoms with Gasteiger partial charge in [-0.1, -0.05) is 11.6 Å². The summed E-state index contributed by atoms with van der Waals surface area (Å²) in [6, 6.07) is 3.13. The van der Waals surface area contributed by atoms with Crippen LogP contribution in [0.3, 0.4) is 0 Å². The van der Waals surface area contributed by atoms with Gasteiger partial charge in [0.15, 0.2) is 0 Å². The van der Waals surface area contributed by atoms with Crippen LogP contribution in [-0.2, 0) is 12.4 Å². The highest BCUT2D eigenvalue weighted by atomic mass is 35.5. The van der Waals surface area contributed by atoms with Gasteiger partial charge in [-0.25, -0.2) is 0 Å². The summed E-state index contributed by atoms with van der Waals surface area (Å²) in [7, 11) is 0. The molecule has 0 spiro atoms. The van der Waals surface area contributed by atoms with E-state index in [0.717, 1.165) is 0 Å². The highest BCUT2D eigenvalue weighted by Gasteiger charge is 2.41. The molecule has 0 bridgehead atoms. The molecule has 1 aromatic carbocycles. The highest BCUT2D eigenvalue weighted by molar-refractivity contribution is 6.32. The number of nitriles is 2. The summed E-state index contributed by atoms with van der Waals surface area (Å²) in [5.41, 5.74) is -3.18. The van der Waals surface area contributed by atoms with Crippen LogP contribution >= 0.6 is 11.6 Å². The fourth-order valence-corrected chi connectivity index (χ4v) is 1.62. The Morgan fingerprint density at radius 3 is 1.73 bits per heavy atom. The van der Waals surface area contributed by atoms with Gasteiger partial charge in [0.05, 0.1) is 21.8 Å². The van der Waals surface area contributed by atoms with Crippen molar-refractivity contribution < 1.29 is 26.3 Å². The molecule has 1 rings (SSSR count). The molecule has 0 fully saturated rings. The zero-order valence-electron chi connectivity index (χ0n) is 10.1. The van der Waals surface area contributed by atoms with Gasteiger partial charge in [-0.05, 0) is 12.1 Å². The van der Waals surface area contributed by atoms with Gasteiger partial charge in [0.1, 0.15) is 12.1 Å². The van der Waals surface area contributed by atoms with Crippen LogP contribution in [0, 0.1) is 22.7 Å². The van der Waals surface area contributed by atoms with Crippen molar-refractivity contribution in [3.8, 4) is 12.1 Å². The Morgan fingerprint density at radius 2 is 1.41 bits per heavy atom. The summed E-state index contributed by atoms with van der Waals surface area (Å²) in [5, 5.41) is 18.4. The quantitative estimate of drug-likeness (QED) is 0.498. The number of alkyl halides is 6. The molecule has 0 saturated carbocycles. The zero-order chi connectivity index (χ0) is 17.1. The Hall–Kier alpha value is -2.46. The van der Waals surface area contributed by atoms with E-state index in [-0.39, 0.29) is 12.1 Å². The first-order chi connectivity index (χ1) is 10.0. The molecule has 0 atom stereocenters. The van der Waals surface area contributed by atoms with E-state index >= 15 is 0 Å². The van der Waals surface area contributed by atoms with E-state index in [9.17, 15) is 26.3 Å². The Bertz CT molecular complexity index is 641. The number of benzene rings is 1. The van der Waals surface area contributed by atoms with E-state index < -0.39 is 39.9 Å². The van der Waals surface area contributed by atoms with Gasteiger partial charge in [0.25, 0.3) is 0 Å². The van der Waals surface area contributed by atoms with E-state index in [1.54, 1.807) is 5.43 Å². The highest BCUT2D eigenvalue weighted by Crippen LogP contribution is 2.43. The van der Waals surface area contributed by atoms with Gasteiger partial charge in [0.2, 0.25) is 5.71 Å². The van der Waals surface area contributed by atoms with Crippen molar-refractivity contribution in [2.45, 2.75) is 12.4 Å². The summed E-state index contributed by atoms with van der Waals surface area (Å²) in [6.45, 7) is 0. The number of nitrogens with one attached hydrogen (secondary N) is 1. The minimum atomic E-state index is -5.13. The molecule has 0 radical (unpaired) electrons. The molecule has 1 aromatic rings. The fourth-order valence-electron chi connectivity index (χ4n) is 1.30. The van der Waals surface area contributed by atoms with E-state index in [4.69, 9.17) is 22.1 Å². The number of rotatable bonds is 2. The maximum absolute atomic E-state index is 12.7. The molecule has 0 aliphatic rings. The van der Waals surface area contributed by atoms with Crippen LogP contribution < -0.4 is 5.43 Å². The van der Waals surface area contributed by atoms with Crippen molar-refractivity contribution in [1.29, 1.82) is 10.5 Å². The molecule has 116 valence electrons. The van der Waals surface area contributed by atoms with Gasteiger partial charge >= 0.3 is 12.4 Å². The van der Waals surface area contributed by atoms with Gasteiger partial charge < -0.3 is 0 Å². The first-order valence-corrected chi connectivity index (χ1v) is 5.50. The normalized spacial score (nSPS) is 11.3. The number of nitrogens with zero attached hydrogens (tertiary/aromatic N) is 3. The van der Waals surface area contributed by atoms with Crippen molar-refractivity contribution in [2.75, 3.05) is 5.43 Å². The summed E-state index contributed by atoms with van der Waals surface area (Å²) in [5.74, 6) is 0. The number of halogens is 7. The second-order valence-electron chi connectivity index (χ2n) is 3.68. The second kappa shape index (κ2) is 6.12. The van der Waals surface area contributed by atoms with Crippen molar-refractivity contribution in [2.24, 2.45) is 5.10 Å². The molecule has 4 nitrogen and oxygen atoms in total. The second-order valence-corrected chi connectivity index (χ2v) is 4.05. The lowest BCUT2D eigenvalue weighted by atomic mass is 10.1. The average molecular weight is 341 g/mol. The first-order valence-electron chi connectivity index (χ1n) is 5.12. The van der Waals surface area contributed by atoms with Crippen LogP contribution in [0.15, 0.2) is 17.2 Å². The summed E-state index contributed by atoms with van der Waals surface area (Å²) >= 11 is 5.16. The number of hydrogen-bond acceptors (Lipinski definition) is 4. The molecular weight excluding hydrogens is 338 g/mol. The van der Waals surface area contributed by atoms with Crippen LogP contribution in [0.4, 0.5) is 32.0 Å². The molecule has 11 heteroatoms. The summed E-state index contributed by atoms with van der Waals surface area (Å²) < 4.78 is 76.2. The zero-order valence-corrected chi connectivity index (χ0v) is 10.9. The monoisotopic (exact) mass is 340 g/mol. The number of hydrazone groups is 1. The van der Waals surface area contributed by atoms with Crippen LogP contribution in [0.25, 0.3) is 0 Å². The Morgan fingerprint density at radius 1 is 1.00 bits per heavy atom. The topological polar surface area (TPSA) is 72.0 Å². The number of anilines is 1. The van der Waals surface area contributed by atoms with Crippen molar-refractivity contribution in [3.63, 3.8) is 0 Å². The van der Waals surface area contributed by atoms with E-state index in [1.165, 1.54) is 12.1 Å². The van der Waals surface area contributed by atoms with Crippen molar-refractivity contribution >= 4 is 23.0 Å². The SMILES string of the molecule is N#CC(C#N)=NNc1cc(C(F)(F)F)c(Cl)c(C(F)(F)F)c1. The van der Waals surface area contributed by atoms with Crippen LogP contribution in [0.2, 0.25) is 5.02 Å². The molecule has 0 heterocycles. The maximum Gasteiger partial charge on any atom is 0.417 e. The largest absolute Gasteiger partial charge is 0.417 e. The molecule has 0 amide bonds. The molecular formula is C11H3ClF6N4. The van der Waals surface area contributed by atoms with E-state index in [1.807, 2.05) is 0 Å². The standard InChI is InChI=1S/C11H3ClF6N4/c12-9-7(10(13,14)15)1-5(2-8(9)11(16,17)18)21-22-6(3-19)4-20/h1-2,21H. The third-order valence-electron chi connectivity index (χ3n) is 2.19. The lowest BCUT2D eigenvalue weighted by molar-refractivity contribution is -0.142. The Kier molecular flexibility index (Phi) is 4.89. The minimum Gasteiger partial charge on any atom is -0.276 e. The van der Waals surface area contributed by atoms with Gasteiger partial charge in [-0.3, -0.25) is 5.43 Å². The summed E-state index contributed by atoms with van der Waals surface area (Å²) in [4.78, 5) is 0. The van der Waals surface area contributed by atoms with Gasteiger partial charge in [0, 0.05) is 0 Å². The lowest BCUT2D eigenvalue weighted by Crippen LogP contribution is -2.13. The third kappa shape index (κ3) is 4.02. The average Bonchev–Trinajstić information content (AvgIpc) is 2.38. The molecule has 0 aliphatic carbocycles.